The summed E-state index contributed by atoms with van der Waals surface area (Å²) in [5, 5.41) is 3.37. The van der Waals surface area contributed by atoms with Gasteiger partial charge in [-0.3, -0.25) is 9.78 Å². The highest BCUT2D eigenvalue weighted by atomic mass is 16.5. The number of anilines is 1. The quantitative estimate of drug-likeness (QED) is 0.823. The average Bonchev–Trinajstić information content (AvgIpc) is 3.04. The van der Waals surface area contributed by atoms with Gasteiger partial charge in [0.25, 0.3) is 0 Å². The van der Waals surface area contributed by atoms with Gasteiger partial charge in [0.2, 0.25) is 0 Å². The van der Waals surface area contributed by atoms with Crippen LogP contribution in [0.2, 0.25) is 0 Å². The van der Waals surface area contributed by atoms with Crippen LogP contribution in [0, 0.1) is 0 Å². The van der Waals surface area contributed by atoms with Gasteiger partial charge >= 0.3 is 5.97 Å². The predicted octanol–water partition coefficient (Wildman–Crippen LogP) is 2.78. The number of hydrogen-bond acceptors (Lipinski definition) is 6. The molecule has 0 saturated carbocycles. The third-order valence-corrected chi connectivity index (χ3v) is 4.03. The molecule has 1 atom stereocenters. The smallest absolute Gasteiger partial charge is 0.307 e. The maximum Gasteiger partial charge on any atom is 0.307 e. The van der Waals surface area contributed by atoms with E-state index in [0.717, 1.165) is 36.3 Å². The summed E-state index contributed by atoms with van der Waals surface area (Å²) < 4.78 is 5.02. The van der Waals surface area contributed by atoms with E-state index in [9.17, 15) is 4.79 Å². The molecule has 0 aromatic carbocycles. The van der Waals surface area contributed by atoms with Crippen molar-refractivity contribution in [1.29, 1.82) is 0 Å². The normalized spacial score (nSPS) is 14.1. The van der Waals surface area contributed by atoms with E-state index in [0.29, 0.717) is 18.9 Å². The lowest BCUT2D eigenvalue weighted by Crippen LogP contribution is -2.22. The fraction of sp³-hybridized carbons (Fsp3) is 0.444. The minimum Gasteiger partial charge on any atom is -0.466 e. The Morgan fingerprint density at radius 2 is 2.08 bits per heavy atom. The fourth-order valence-electron chi connectivity index (χ4n) is 2.94. The van der Waals surface area contributed by atoms with Gasteiger partial charge in [0.05, 0.1) is 13.0 Å². The second-order valence-corrected chi connectivity index (χ2v) is 5.97. The number of hydrogen-bond donors (Lipinski definition) is 1. The molecule has 0 radical (unpaired) electrons. The van der Waals surface area contributed by atoms with E-state index >= 15 is 0 Å². The van der Waals surface area contributed by atoms with Crippen LogP contribution in [0.15, 0.2) is 24.5 Å². The molecule has 1 N–H and O–H groups in total. The molecule has 0 fully saturated rings. The number of carbonyl (C=O) groups excluding carboxylic acids is 1. The Bertz CT molecular complexity index is 718. The number of pyridine rings is 1. The molecule has 3 rings (SSSR count). The van der Waals surface area contributed by atoms with Crippen molar-refractivity contribution in [3.63, 3.8) is 0 Å². The van der Waals surface area contributed by atoms with E-state index in [1.807, 2.05) is 26.0 Å². The van der Waals surface area contributed by atoms with Gasteiger partial charge in [-0.05, 0) is 45.2 Å². The lowest BCUT2D eigenvalue weighted by atomic mass is 10.1. The highest BCUT2D eigenvalue weighted by molar-refractivity contribution is 5.71. The maximum absolute atomic E-state index is 11.7. The number of carbonyl (C=O) groups is 1. The number of aromatic nitrogens is 3. The SMILES string of the molecule is CCOC(=O)CC(C)Nc1nc(-c2ccncc2)nc2c1CCC2. The Balaban J connectivity index is 1.84. The Hall–Kier alpha value is -2.50. The molecule has 1 unspecified atom stereocenters. The summed E-state index contributed by atoms with van der Waals surface area (Å²) in [7, 11) is 0. The monoisotopic (exact) mass is 326 g/mol. The van der Waals surface area contributed by atoms with Crippen LogP contribution >= 0.6 is 0 Å². The highest BCUT2D eigenvalue weighted by Gasteiger charge is 2.21. The van der Waals surface area contributed by atoms with Crippen LogP contribution in [0.1, 0.15) is 37.9 Å². The number of nitrogens with zero attached hydrogens (tertiary/aromatic N) is 3. The maximum atomic E-state index is 11.7. The summed E-state index contributed by atoms with van der Waals surface area (Å²) in [6, 6.07) is 3.76. The van der Waals surface area contributed by atoms with Crippen LogP contribution in [0.25, 0.3) is 11.4 Å². The molecule has 1 aliphatic carbocycles. The number of aryl methyl sites for hydroxylation is 1. The Kier molecular flexibility index (Phi) is 5.03. The van der Waals surface area contributed by atoms with Gasteiger partial charge in [-0.15, -0.1) is 0 Å². The molecule has 2 heterocycles. The Labute approximate surface area is 141 Å². The molecule has 2 aromatic rings. The first-order valence-electron chi connectivity index (χ1n) is 8.39. The zero-order chi connectivity index (χ0) is 16.9. The molecular formula is C18H22N4O2. The molecule has 6 heteroatoms. The number of nitrogens with one attached hydrogen (secondary N) is 1. The summed E-state index contributed by atoms with van der Waals surface area (Å²) in [6.07, 6.45) is 6.82. The highest BCUT2D eigenvalue weighted by Crippen LogP contribution is 2.29. The van der Waals surface area contributed by atoms with Crippen LogP contribution < -0.4 is 5.32 Å². The molecule has 0 bridgehead atoms. The topological polar surface area (TPSA) is 77.0 Å². The summed E-state index contributed by atoms with van der Waals surface area (Å²) in [6.45, 7) is 4.18. The molecule has 0 aliphatic heterocycles. The van der Waals surface area contributed by atoms with E-state index in [2.05, 4.69) is 10.3 Å². The number of esters is 1. The first-order chi connectivity index (χ1) is 11.7. The molecule has 0 saturated heterocycles. The van der Waals surface area contributed by atoms with E-state index in [-0.39, 0.29) is 12.0 Å². The molecule has 24 heavy (non-hydrogen) atoms. The van der Waals surface area contributed by atoms with Crippen molar-refractivity contribution in [3.05, 3.63) is 35.8 Å². The number of rotatable bonds is 6. The van der Waals surface area contributed by atoms with Gasteiger partial charge in [-0.2, -0.15) is 0 Å². The van der Waals surface area contributed by atoms with Crippen molar-refractivity contribution in [3.8, 4) is 11.4 Å². The zero-order valence-corrected chi connectivity index (χ0v) is 14.1. The third kappa shape index (κ3) is 3.69. The van der Waals surface area contributed by atoms with Gasteiger partial charge in [0, 0.05) is 35.3 Å². The second kappa shape index (κ2) is 7.38. The molecule has 1 aliphatic rings. The predicted molar refractivity (Wildman–Crippen MR) is 91.6 cm³/mol. The summed E-state index contributed by atoms with van der Waals surface area (Å²) in [4.78, 5) is 25.1. The van der Waals surface area contributed by atoms with Crippen molar-refractivity contribution in [2.45, 2.75) is 45.6 Å². The lowest BCUT2D eigenvalue weighted by Gasteiger charge is -2.17. The minimum absolute atomic E-state index is 0.0473. The molecule has 0 spiro atoms. The van der Waals surface area contributed by atoms with Crippen LogP contribution in [-0.4, -0.2) is 33.6 Å². The first kappa shape index (κ1) is 16.4. The standard InChI is InChI=1S/C18H22N4O2/c1-3-24-16(23)11-12(2)20-18-14-5-4-6-15(14)21-17(22-18)13-7-9-19-10-8-13/h7-10,12H,3-6,11H2,1-2H3,(H,20,21,22). The third-order valence-electron chi connectivity index (χ3n) is 4.03. The van der Waals surface area contributed by atoms with Crippen molar-refractivity contribution >= 4 is 11.8 Å². The molecular weight excluding hydrogens is 304 g/mol. The largest absolute Gasteiger partial charge is 0.466 e. The van der Waals surface area contributed by atoms with Gasteiger partial charge in [0.1, 0.15) is 5.82 Å². The van der Waals surface area contributed by atoms with Crippen LogP contribution in [0.5, 0.6) is 0 Å². The minimum atomic E-state index is -0.197. The van der Waals surface area contributed by atoms with Crippen molar-refractivity contribution in [2.75, 3.05) is 11.9 Å². The molecule has 6 nitrogen and oxygen atoms in total. The second-order valence-electron chi connectivity index (χ2n) is 5.97. The van der Waals surface area contributed by atoms with Gasteiger partial charge in [0.15, 0.2) is 5.82 Å². The van der Waals surface area contributed by atoms with Crippen LogP contribution in [0.3, 0.4) is 0 Å². The van der Waals surface area contributed by atoms with Crippen LogP contribution in [0.4, 0.5) is 5.82 Å². The molecule has 126 valence electrons. The molecule has 2 aromatic heterocycles. The van der Waals surface area contributed by atoms with Crippen molar-refractivity contribution < 1.29 is 9.53 Å². The van der Waals surface area contributed by atoms with E-state index < -0.39 is 0 Å². The van der Waals surface area contributed by atoms with Crippen molar-refractivity contribution in [2.24, 2.45) is 0 Å². The first-order valence-corrected chi connectivity index (χ1v) is 8.39. The van der Waals surface area contributed by atoms with Crippen LogP contribution in [-0.2, 0) is 22.4 Å². The summed E-state index contributed by atoms with van der Waals surface area (Å²) >= 11 is 0. The van der Waals surface area contributed by atoms with Crippen molar-refractivity contribution in [1.82, 2.24) is 15.0 Å². The zero-order valence-electron chi connectivity index (χ0n) is 14.1. The van der Waals surface area contributed by atoms with E-state index in [1.165, 1.54) is 5.56 Å². The number of ether oxygens (including phenoxy) is 1. The fourth-order valence-corrected chi connectivity index (χ4v) is 2.94. The average molecular weight is 326 g/mol. The Morgan fingerprint density at radius 1 is 1.29 bits per heavy atom. The summed E-state index contributed by atoms with van der Waals surface area (Å²) in [5.74, 6) is 1.34. The lowest BCUT2D eigenvalue weighted by molar-refractivity contribution is -0.143. The van der Waals surface area contributed by atoms with Gasteiger partial charge in [-0.25, -0.2) is 9.97 Å². The molecule has 0 amide bonds. The number of fused-ring (bicyclic) bond motifs is 1. The Morgan fingerprint density at radius 3 is 2.83 bits per heavy atom. The van der Waals surface area contributed by atoms with Gasteiger partial charge in [-0.1, -0.05) is 0 Å². The van der Waals surface area contributed by atoms with E-state index in [1.54, 1.807) is 12.4 Å². The summed E-state index contributed by atoms with van der Waals surface area (Å²) in [5.41, 5.74) is 3.21. The van der Waals surface area contributed by atoms with E-state index in [4.69, 9.17) is 14.7 Å². The van der Waals surface area contributed by atoms with Gasteiger partial charge < -0.3 is 10.1 Å².